The van der Waals surface area contributed by atoms with E-state index in [1.165, 1.54) is 0 Å². The zero-order valence-corrected chi connectivity index (χ0v) is 10.6. The van der Waals surface area contributed by atoms with Crippen LogP contribution < -0.4 is 9.03 Å². The summed E-state index contributed by atoms with van der Waals surface area (Å²) in [5.74, 6) is -1.15. The Hall–Kier alpha value is -1.60. The Bertz CT molecular complexity index is 570. The molecule has 0 saturated heterocycles. The van der Waals surface area contributed by atoms with E-state index in [2.05, 4.69) is 4.72 Å². The molecule has 0 fully saturated rings. The van der Waals surface area contributed by atoms with Crippen molar-refractivity contribution in [3.8, 4) is 0 Å². The second kappa shape index (κ2) is 4.58. The number of carboxylic acids is 1. The number of nitrogens with zero attached hydrogens (tertiary/aromatic N) is 1. The van der Waals surface area contributed by atoms with E-state index in [0.717, 1.165) is 9.87 Å². The summed E-state index contributed by atoms with van der Waals surface area (Å²) in [4.78, 5) is 11.2. The largest absolute Gasteiger partial charge is 0.480 e. The summed E-state index contributed by atoms with van der Waals surface area (Å²) < 4.78 is 27.4. The predicted molar refractivity (Wildman–Crippen MR) is 66.6 cm³/mol. The van der Waals surface area contributed by atoms with Crippen molar-refractivity contribution in [2.45, 2.75) is 19.4 Å². The van der Waals surface area contributed by atoms with E-state index in [-0.39, 0.29) is 13.0 Å². The zero-order valence-electron chi connectivity index (χ0n) is 9.83. The molecule has 0 amide bonds. The van der Waals surface area contributed by atoms with E-state index >= 15 is 0 Å². The first-order valence-corrected chi connectivity index (χ1v) is 7.01. The van der Waals surface area contributed by atoms with Crippen LogP contribution in [-0.2, 0) is 21.4 Å². The summed E-state index contributed by atoms with van der Waals surface area (Å²) >= 11 is 0. The quantitative estimate of drug-likeness (QED) is 0.827. The molecule has 1 atom stereocenters. The average molecular weight is 270 g/mol. The molecule has 1 heterocycles. The maximum absolute atomic E-state index is 12.1. The Morgan fingerprint density at radius 2 is 2.17 bits per heavy atom. The molecule has 2 rings (SSSR count). The van der Waals surface area contributed by atoms with Crippen molar-refractivity contribution >= 4 is 21.9 Å². The molecule has 0 spiro atoms. The number of carbonyl (C=O) groups is 1. The Balaban J connectivity index is 2.50. The number of para-hydroxylation sites is 1. The van der Waals surface area contributed by atoms with Crippen molar-refractivity contribution in [2.75, 3.05) is 10.8 Å². The van der Waals surface area contributed by atoms with Gasteiger partial charge in [-0.1, -0.05) is 25.1 Å². The maximum Gasteiger partial charge on any atom is 0.327 e. The molecule has 1 aromatic rings. The molecule has 0 bridgehead atoms. The molecule has 0 aliphatic carbocycles. The maximum atomic E-state index is 12.1. The summed E-state index contributed by atoms with van der Waals surface area (Å²) in [5, 5.41) is 9.15. The van der Waals surface area contributed by atoms with Crippen LogP contribution in [0.2, 0.25) is 0 Å². The molecule has 18 heavy (non-hydrogen) atoms. The third-order valence-electron chi connectivity index (χ3n) is 2.80. The molecule has 1 aliphatic heterocycles. The van der Waals surface area contributed by atoms with E-state index in [1.54, 1.807) is 31.2 Å². The van der Waals surface area contributed by atoms with Gasteiger partial charge in [0.2, 0.25) is 0 Å². The minimum Gasteiger partial charge on any atom is -0.480 e. The summed E-state index contributed by atoms with van der Waals surface area (Å²) in [6, 6.07) is 5.74. The average Bonchev–Trinajstić information content (AvgIpc) is 2.68. The lowest BCUT2D eigenvalue weighted by molar-refractivity contribution is -0.138. The minimum atomic E-state index is -3.82. The van der Waals surface area contributed by atoms with Crippen LogP contribution in [0.4, 0.5) is 5.69 Å². The third-order valence-corrected chi connectivity index (χ3v) is 4.42. The monoisotopic (exact) mass is 270 g/mol. The second-order valence-electron chi connectivity index (χ2n) is 3.99. The molecular formula is C11H14N2O4S. The number of benzene rings is 1. The first-order chi connectivity index (χ1) is 8.47. The van der Waals surface area contributed by atoms with Crippen molar-refractivity contribution in [1.29, 1.82) is 0 Å². The summed E-state index contributed by atoms with van der Waals surface area (Å²) in [5.41, 5.74) is 1.16. The number of fused-ring (bicyclic) bond motifs is 1. The number of anilines is 1. The van der Waals surface area contributed by atoms with Crippen molar-refractivity contribution in [3.63, 3.8) is 0 Å². The van der Waals surface area contributed by atoms with E-state index < -0.39 is 22.2 Å². The van der Waals surface area contributed by atoms with Gasteiger partial charge in [-0.2, -0.15) is 13.1 Å². The van der Waals surface area contributed by atoms with Gasteiger partial charge in [-0.3, -0.25) is 0 Å². The third kappa shape index (κ3) is 2.06. The van der Waals surface area contributed by atoms with Gasteiger partial charge in [-0.15, -0.1) is 0 Å². The summed E-state index contributed by atoms with van der Waals surface area (Å²) in [6.07, 6.45) is 0.191. The number of carboxylic acid groups (broad SMARTS) is 1. The first kappa shape index (κ1) is 12.8. The first-order valence-electron chi connectivity index (χ1n) is 5.57. The number of aliphatic carboxylic acids is 1. The van der Waals surface area contributed by atoms with Gasteiger partial charge >= 0.3 is 16.2 Å². The van der Waals surface area contributed by atoms with E-state index in [4.69, 9.17) is 5.11 Å². The van der Waals surface area contributed by atoms with Crippen LogP contribution in [0.5, 0.6) is 0 Å². The molecule has 6 nitrogen and oxygen atoms in total. The van der Waals surface area contributed by atoms with Crippen molar-refractivity contribution in [1.82, 2.24) is 4.72 Å². The normalized spacial score (nSPS) is 18.7. The highest BCUT2D eigenvalue weighted by atomic mass is 32.2. The van der Waals surface area contributed by atoms with Crippen LogP contribution in [0.15, 0.2) is 24.3 Å². The van der Waals surface area contributed by atoms with Crippen LogP contribution in [0, 0.1) is 0 Å². The number of hydrogen-bond donors (Lipinski definition) is 2. The van der Waals surface area contributed by atoms with Gasteiger partial charge in [0, 0.05) is 13.0 Å². The zero-order chi connectivity index (χ0) is 13.3. The fourth-order valence-electron chi connectivity index (χ4n) is 2.09. The van der Waals surface area contributed by atoms with Crippen LogP contribution >= 0.6 is 0 Å². The Morgan fingerprint density at radius 1 is 1.50 bits per heavy atom. The van der Waals surface area contributed by atoms with E-state index in [1.807, 2.05) is 0 Å². The fraction of sp³-hybridized carbons (Fsp3) is 0.364. The molecule has 2 N–H and O–H groups in total. The highest BCUT2D eigenvalue weighted by Crippen LogP contribution is 2.33. The fourth-order valence-corrected chi connectivity index (χ4v) is 3.53. The topological polar surface area (TPSA) is 86.7 Å². The van der Waals surface area contributed by atoms with Gasteiger partial charge in [-0.05, 0) is 11.6 Å². The van der Waals surface area contributed by atoms with E-state index in [0.29, 0.717) is 5.69 Å². The van der Waals surface area contributed by atoms with Gasteiger partial charge in [-0.25, -0.2) is 9.10 Å². The molecule has 1 unspecified atom stereocenters. The molecule has 0 saturated carbocycles. The number of nitrogens with one attached hydrogen (secondary N) is 1. The van der Waals surface area contributed by atoms with Crippen LogP contribution in [0.3, 0.4) is 0 Å². The van der Waals surface area contributed by atoms with Crippen molar-refractivity contribution in [3.05, 3.63) is 29.8 Å². The van der Waals surface area contributed by atoms with Gasteiger partial charge < -0.3 is 5.11 Å². The Morgan fingerprint density at radius 3 is 2.78 bits per heavy atom. The van der Waals surface area contributed by atoms with Gasteiger partial charge in [0.1, 0.15) is 6.04 Å². The standard InChI is InChI=1S/C11H14N2O4S/c1-2-12-18(16,17)13-9-6-4-3-5-8(9)7-10(13)11(14)15/h3-6,10,12H,2,7H2,1H3,(H,14,15). The lowest BCUT2D eigenvalue weighted by Gasteiger charge is -2.23. The van der Waals surface area contributed by atoms with Gasteiger partial charge in [0.15, 0.2) is 0 Å². The minimum absolute atomic E-state index is 0.191. The van der Waals surface area contributed by atoms with Crippen molar-refractivity contribution in [2.24, 2.45) is 0 Å². The molecule has 98 valence electrons. The van der Waals surface area contributed by atoms with Crippen LogP contribution in [0.1, 0.15) is 12.5 Å². The van der Waals surface area contributed by atoms with Crippen LogP contribution in [-0.4, -0.2) is 32.1 Å². The Kier molecular flexibility index (Phi) is 3.27. The molecule has 1 aliphatic rings. The highest BCUT2D eigenvalue weighted by molar-refractivity contribution is 7.91. The van der Waals surface area contributed by atoms with Gasteiger partial charge in [0.25, 0.3) is 0 Å². The SMILES string of the molecule is CCNS(=O)(=O)N1c2ccccc2CC1C(=O)O. The number of rotatable bonds is 4. The molecule has 1 aromatic carbocycles. The lowest BCUT2D eigenvalue weighted by atomic mass is 10.1. The lowest BCUT2D eigenvalue weighted by Crippen LogP contribution is -2.48. The highest BCUT2D eigenvalue weighted by Gasteiger charge is 2.41. The molecule has 0 radical (unpaired) electrons. The van der Waals surface area contributed by atoms with Crippen LogP contribution in [0.25, 0.3) is 0 Å². The molecule has 0 aromatic heterocycles. The van der Waals surface area contributed by atoms with Crippen molar-refractivity contribution < 1.29 is 18.3 Å². The van der Waals surface area contributed by atoms with E-state index in [9.17, 15) is 13.2 Å². The summed E-state index contributed by atoms with van der Waals surface area (Å²) in [7, 11) is -3.82. The van der Waals surface area contributed by atoms with Gasteiger partial charge in [0.05, 0.1) is 5.69 Å². The Labute approximate surface area is 105 Å². The molecular weight excluding hydrogens is 256 g/mol. The smallest absolute Gasteiger partial charge is 0.327 e. The molecule has 7 heteroatoms. The second-order valence-corrected chi connectivity index (χ2v) is 5.62. The number of hydrogen-bond acceptors (Lipinski definition) is 3. The summed E-state index contributed by atoms with van der Waals surface area (Å²) in [6.45, 7) is 1.86. The predicted octanol–water partition coefficient (Wildman–Crippen LogP) is 0.357.